The number of rotatable bonds is 5. The van der Waals surface area contributed by atoms with Crippen molar-refractivity contribution in [1.82, 2.24) is 9.88 Å². The minimum atomic E-state index is -0.347. The normalized spacial score (nSPS) is 11.4. The molecular formula is C16H20ClN3O3. The topological polar surface area (TPSA) is 88.7 Å². The van der Waals surface area contributed by atoms with Gasteiger partial charge < -0.3 is 20.5 Å². The van der Waals surface area contributed by atoms with Crippen LogP contribution in [0.15, 0.2) is 42.6 Å². The number of hydrogen-bond acceptors (Lipinski definition) is 5. The highest BCUT2D eigenvalue weighted by molar-refractivity contribution is 5.99. The maximum Gasteiger partial charge on any atom is 0.256 e. The molecule has 0 bridgehead atoms. The second-order valence-electron chi connectivity index (χ2n) is 4.91. The van der Waals surface area contributed by atoms with Gasteiger partial charge in [-0.3, -0.25) is 9.78 Å². The van der Waals surface area contributed by atoms with Gasteiger partial charge in [-0.15, -0.1) is 12.4 Å². The van der Waals surface area contributed by atoms with Gasteiger partial charge in [-0.1, -0.05) is 6.07 Å². The number of nitrogens with two attached hydrogens (primary N) is 1. The van der Waals surface area contributed by atoms with Crippen molar-refractivity contribution in [3.8, 4) is 5.75 Å². The van der Waals surface area contributed by atoms with E-state index in [1.807, 2.05) is 18.2 Å². The molecule has 0 aliphatic heterocycles. The van der Waals surface area contributed by atoms with Gasteiger partial charge >= 0.3 is 0 Å². The van der Waals surface area contributed by atoms with E-state index in [0.29, 0.717) is 12.3 Å². The minimum absolute atomic E-state index is 0. The number of nitrogens with zero attached hydrogens (tertiary/aromatic N) is 2. The number of amides is 1. The number of carbonyl (C=O) groups is 1. The molecule has 0 aliphatic carbocycles. The van der Waals surface area contributed by atoms with Crippen molar-refractivity contribution < 1.29 is 14.6 Å². The molecule has 0 saturated heterocycles. The molecule has 1 heterocycles. The number of hydrogen-bond donors (Lipinski definition) is 2. The minimum Gasteiger partial charge on any atom is -0.508 e. The van der Waals surface area contributed by atoms with Crippen molar-refractivity contribution in [3.05, 3.63) is 53.9 Å². The quantitative estimate of drug-likeness (QED) is 0.645. The SMILES string of the molecule is COCC(c1ccccn1)N(C)C(=O)c1cc(O)ccc1N.Cl. The lowest BCUT2D eigenvalue weighted by molar-refractivity contribution is 0.0595. The average Bonchev–Trinajstić information content (AvgIpc) is 2.54. The van der Waals surface area contributed by atoms with Crippen LogP contribution >= 0.6 is 12.4 Å². The predicted octanol–water partition coefficient (Wildman–Crippen LogP) is 2.25. The molecule has 0 saturated carbocycles. The van der Waals surface area contributed by atoms with E-state index in [-0.39, 0.29) is 35.7 Å². The number of pyridine rings is 1. The summed E-state index contributed by atoms with van der Waals surface area (Å²) in [4.78, 5) is 18.4. The maximum atomic E-state index is 12.7. The molecule has 0 fully saturated rings. The highest BCUT2D eigenvalue weighted by Crippen LogP contribution is 2.24. The number of aromatic hydroxyl groups is 1. The number of nitrogen functional groups attached to an aromatic ring is 1. The monoisotopic (exact) mass is 337 g/mol. The van der Waals surface area contributed by atoms with E-state index in [4.69, 9.17) is 10.5 Å². The second-order valence-corrected chi connectivity index (χ2v) is 4.91. The zero-order valence-electron chi connectivity index (χ0n) is 13.0. The van der Waals surface area contributed by atoms with E-state index in [1.165, 1.54) is 23.1 Å². The van der Waals surface area contributed by atoms with Gasteiger partial charge in [0.1, 0.15) is 5.75 Å². The van der Waals surface area contributed by atoms with E-state index in [2.05, 4.69) is 4.98 Å². The summed E-state index contributed by atoms with van der Waals surface area (Å²) < 4.78 is 5.21. The standard InChI is InChI=1S/C16H19N3O3.ClH/c1-19(15(10-22-2)14-5-3-4-8-18-14)16(21)12-9-11(20)6-7-13(12)17;/h3-9,15,20H,10,17H2,1-2H3;1H. The Kier molecular flexibility index (Phi) is 6.81. The molecule has 1 aromatic carbocycles. The van der Waals surface area contributed by atoms with Crippen LogP contribution in [0, 0.1) is 0 Å². The zero-order chi connectivity index (χ0) is 16.1. The summed E-state index contributed by atoms with van der Waals surface area (Å²) in [5, 5.41) is 9.56. The second kappa shape index (κ2) is 8.36. The lowest BCUT2D eigenvalue weighted by Gasteiger charge is -2.27. The molecule has 6 nitrogen and oxygen atoms in total. The molecule has 0 spiro atoms. The average molecular weight is 338 g/mol. The number of halogens is 1. The van der Waals surface area contributed by atoms with Gasteiger partial charge in [-0.25, -0.2) is 0 Å². The number of carbonyl (C=O) groups excluding carboxylic acids is 1. The molecule has 0 radical (unpaired) electrons. The summed E-state index contributed by atoms with van der Waals surface area (Å²) in [6.45, 7) is 0.304. The molecule has 1 amide bonds. The summed E-state index contributed by atoms with van der Waals surface area (Å²) in [7, 11) is 3.22. The fourth-order valence-electron chi connectivity index (χ4n) is 2.19. The molecule has 2 rings (SSSR count). The first-order chi connectivity index (χ1) is 10.5. The molecule has 3 N–H and O–H groups in total. The highest BCUT2D eigenvalue weighted by atomic mass is 35.5. The van der Waals surface area contributed by atoms with Gasteiger partial charge in [0.15, 0.2) is 0 Å². The molecule has 1 aromatic heterocycles. The zero-order valence-corrected chi connectivity index (χ0v) is 13.8. The van der Waals surface area contributed by atoms with Gasteiger partial charge in [0.2, 0.25) is 0 Å². The van der Waals surface area contributed by atoms with Crippen molar-refractivity contribution in [2.24, 2.45) is 0 Å². The molecule has 1 unspecified atom stereocenters. The fraction of sp³-hybridized carbons (Fsp3) is 0.250. The Morgan fingerprint density at radius 1 is 1.39 bits per heavy atom. The Labute approximate surface area is 141 Å². The van der Waals surface area contributed by atoms with Crippen LogP contribution in [0.2, 0.25) is 0 Å². The number of aromatic nitrogens is 1. The number of likely N-dealkylation sites (N-methyl/N-ethyl adjacent to an activating group) is 1. The van der Waals surface area contributed by atoms with Crippen LogP contribution < -0.4 is 5.73 Å². The fourth-order valence-corrected chi connectivity index (χ4v) is 2.19. The van der Waals surface area contributed by atoms with Crippen LogP contribution in [-0.4, -0.2) is 41.7 Å². The van der Waals surface area contributed by atoms with Crippen molar-refractivity contribution >= 4 is 24.0 Å². The van der Waals surface area contributed by atoms with E-state index < -0.39 is 0 Å². The van der Waals surface area contributed by atoms with Crippen molar-refractivity contribution in [3.63, 3.8) is 0 Å². The first-order valence-corrected chi connectivity index (χ1v) is 6.80. The first-order valence-electron chi connectivity index (χ1n) is 6.80. The van der Waals surface area contributed by atoms with Gasteiger partial charge in [0.05, 0.1) is 23.9 Å². The third-order valence-electron chi connectivity index (χ3n) is 3.41. The first kappa shape index (κ1) is 18.7. The largest absolute Gasteiger partial charge is 0.508 e. The van der Waals surface area contributed by atoms with Crippen molar-refractivity contribution in [2.75, 3.05) is 26.5 Å². The van der Waals surface area contributed by atoms with E-state index in [0.717, 1.165) is 5.69 Å². The van der Waals surface area contributed by atoms with E-state index >= 15 is 0 Å². The number of ether oxygens (including phenoxy) is 1. The Morgan fingerprint density at radius 2 is 2.13 bits per heavy atom. The number of anilines is 1. The van der Waals surface area contributed by atoms with Gasteiger partial charge in [0, 0.05) is 26.0 Å². The Morgan fingerprint density at radius 3 is 2.74 bits per heavy atom. The Hall–Kier alpha value is -2.31. The lowest BCUT2D eigenvalue weighted by atomic mass is 10.1. The van der Waals surface area contributed by atoms with E-state index in [1.54, 1.807) is 20.4 Å². The summed E-state index contributed by atoms with van der Waals surface area (Å²) >= 11 is 0. The summed E-state index contributed by atoms with van der Waals surface area (Å²) in [6.07, 6.45) is 1.67. The lowest BCUT2D eigenvalue weighted by Crippen LogP contribution is -2.34. The Balaban J connectivity index is 0.00000264. The summed E-state index contributed by atoms with van der Waals surface area (Å²) in [5.41, 5.74) is 7.12. The summed E-state index contributed by atoms with van der Waals surface area (Å²) in [6, 6.07) is 9.45. The van der Waals surface area contributed by atoms with Crippen LogP contribution in [0.25, 0.3) is 0 Å². The third kappa shape index (κ3) is 4.34. The third-order valence-corrected chi connectivity index (χ3v) is 3.41. The highest BCUT2D eigenvalue weighted by Gasteiger charge is 2.25. The van der Waals surface area contributed by atoms with Crippen LogP contribution in [-0.2, 0) is 4.74 Å². The van der Waals surface area contributed by atoms with Crippen molar-refractivity contribution in [2.45, 2.75) is 6.04 Å². The number of phenolic OH excluding ortho intramolecular Hbond substituents is 1. The van der Waals surface area contributed by atoms with Crippen LogP contribution in [0.3, 0.4) is 0 Å². The molecular weight excluding hydrogens is 318 g/mol. The number of phenols is 1. The van der Waals surface area contributed by atoms with Gasteiger partial charge in [0.25, 0.3) is 5.91 Å². The maximum absolute atomic E-state index is 12.7. The molecule has 124 valence electrons. The summed E-state index contributed by atoms with van der Waals surface area (Å²) in [5.74, 6) is -0.312. The molecule has 0 aliphatic rings. The van der Waals surface area contributed by atoms with Crippen LogP contribution in [0.4, 0.5) is 5.69 Å². The van der Waals surface area contributed by atoms with Gasteiger partial charge in [-0.05, 0) is 30.3 Å². The molecule has 1 atom stereocenters. The number of benzene rings is 1. The van der Waals surface area contributed by atoms with Crippen molar-refractivity contribution in [1.29, 1.82) is 0 Å². The predicted molar refractivity (Wildman–Crippen MR) is 90.7 cm³/mol. The molecule has 2 aromatic rings. The van der Waals surface area contributed by atoms with Crippen LogP contribution in [0.1, 0.15) is 22.1 Å². The Bertz CT molecular complexity index is 652. The number of methoxy groups -OCH3 is 1. The van der Waals surface area contributed by atoms with Crippen LogP contribution in [0.5, 0.6) is 5.75 Å². The molecule has 7 heteroatoms. The van der Waals surface area contributed by atoms with Gasteiger partial charge in [-0.2, -0.15) is 0 Å². The van der Waals surface area contributed by atoms with E-state index in [9.17, 15) is 9.90 Å². The molecule has 23 heavy (non-hydrogen) atoms. The smallest absolute Gasteiger partial charge is 0.256 e.